The molecule has 1 fully saturated rings. The number of carbonyl (C=O) groups is 2. The van der Waals surface area contributed by atoms with Crippen LogP contribution in [-0.2, 0) is 20.7 Å². The molecule has 0 aliphatic heterocycles. The van der Waals surface area contributed by atoms with Crippen LogP contribution in [0.3, 0.4) is 0 Å². The third-order valence-corrected chi connectivity index (χ3v) is 6.97. The Bertz CT molecular complexity index is 922. The first-order valence-corrected chi connectivity index (χ1v) is 12.3. The van der Waals surface area contributed by atoms with Gasteiger partial charge in [-0.1, -0.05) is 25.8 Å². The van der Waals surface area contributed by atoms with Gasteiger partial charge in [-0.05, 0) is 77.5 Å². The van der Waals surface area contributed by atoms with Gasteiger partial charge in [-0.3, -0.25) is 9.59 Å². The molecule has 0 saturated heterocycles. The molecule has 5 nitrogen and oxygen atoms in total. The number of aromatic nitrogens is 1. The van der Waals surface area contributed by atoms with Crippen LogP contribution in [0, 0.1) is 18.3 Å². The van der Waals surface area contributed by atoms with E-state index >= 15 is 0 Å². The molecule has 2 aromatic rings. The predicted molar refractivity (Wildman–Crippen MR) is 126 cm³/mol. The maximum Gasteiger partial charge on any atom is 0.309 e. The lowest BCUT2D eigenvalue weighted by Gasteiger charge is -2.31. The van der Waals surface area contributed by atoms with Gasteiger partial charge in [0, 0.05) is 12.0 Å². The second-order valence-corrected chi connectivity index (χ2v) is 11.3. The maximum absolute atomic E-state index is 13.1. The summed E-state index contributed by atoms with van der Waals surface area (Å²) in [4.78, 5) is 30.1. The first kappa shape index (κ1) is 23.7. The molecule has 1 N–H and O–H groups in total. The Kier molecular flexibility index (Phi) is 7.40. The summed E-state index contributed by atoms with van der Waals surface area (Å²) in [6.45, 7) is 10.2. The molecular weight excluding hydrogens is 408 g/mol. The van der Waals surface area contributed by atoms with Crippen molar-refractivity contribution in [2.24, 2.45) is 11.3 Å². The minimum Gasteiger partial charge on any atom is -0.460 e. The fraction of sp³-hybridized carbons (Fsp3) is 0.640. The third kappa shape index (κ3) is 6.28. The number of ether oxygens (including phenoxy) is 1. The summed E-state index contributed by atoms with van der Waals surface area (Å²) in [6, 6.07) is 6.42. The number of hydrogen-bond donors (Lipinski definition) is 1. The average Bonchev–Trinajstić information content (AvgIpc) is 3.29. The van der Waals surface area contributed by atoms with Gasteiger partial charge in [-0.25, -0.2) is 4.98 Å². The predicted octanol–water partition coefficient (Wildman–Crippen LogP) is 5.58. The van der Waals surface area contributed by atoms with Crippen LogP contribution in [0.1, 0.15) is 76.8 Å². The first-order chi connectivity index (χ1) is 14.6. The standard InChI is InChI=1S/C25H36N2O3S/c1-17(22(28)30-24(3,4)5)16-25(12-6-7-13-25)23(29)26-14-8-9-19-10-11-20-21(15-19)31-18(2)27-20/h10-11,15,17H,6-9,12-14,16H2,1-5H3,(H,26,29)/t17-/m1/s1. The van der Waals surface area contributed by atoms with Crippen molar-refractivity contribution >= 4 is 33.4 Å². The highest BCUT2D eigenvalue weighted by Gasteiger charge is 2.43. The zero-order valence-corrected chi connectivity index (χ0v) is 20.4. The van der Waals surface area contributed by atoms with Gasteiger partial charge >= 0.3 is 5.97 Å². The number of aryl methyl sites for hydroxylation is 2. The molecule has 31 heavy (non-hydrogen) atoms. The molecular formula is C25H36N2O3S. The highest BCUT2D eigenvalue weighted by molar-refractivity contribution is 7.18. The number of amides is 1. The Labute approximate surface area is 190 Å². The van der Waals surface area contributed by atoms with Gasteiger partial charge in [-0.2, -0.15) is 0 Å². The zero-order valence-electron chi connectivity index (χ0n) is 19.5. The molecule has 0 spiro atoms. The Morgan fingerprint density at radius 1 is 1.26 bits per heavy atom. The molecule has 3 rings (SSSR count). The minimum atomic E-state index is -0.503. The van der Waals surface area contributed by atoms with Crippen LogP contribution in [0.2, 0.25) is 0 Å². The Morgan fingerprint density at radius 3 is 2.65 bits per heavy atom. The number of rotatable bonds is 8. The molecule has 1 aliphatic carbocycles. The van der Waals surface area contributed by atoms with Gasteiger partial charge in [0.25, 0.3) is 0 Å². The van der Waals surface area contributed by atoms with E-state index in [0.29, 0.717) is 13.0 Å². The van der Waals surface area contributed by atoms with E-state index in [1.807, 2.05) is 34.6 Å². The fourth-order valence-corrected chi connectivity index (χ4v) is 5.46. The molecule has 0 bridgehead atoms. The summed E-state index contributed by atoms with van der Waals surface area (Å²) in [5.74, 6) is -0.383. The van der Waals surface area contributed by atoms with Crippen LogP contribution in [0.25, 0.3) is 10.2 Å². The molecule has 0 radical (unpaired) electrons. The van der Waals surface area contributed by atoms with Gasteiger partial charge in [-0.15, -0.1) is 11.3 Å². The quantitative estimate of drug-likeness (QED) is 0.426. The molecule has 1 amide bonds. The summed E-state index contributed by atoms with van der Waals surface area (Å²) in [5.41, 5.74) is 1.40. The fourth-order valence-electron chi connectivity index (χ4n) is 4.57. The van der Waals surface area contributed by atoms with Crippen LogP contribution in [0.15, 0.2) is 18.2 Å². The van der Waals surface area contributed by atoms with E-state index in [4.69, 9.17) is 4.74 Å². The molecule has 1 aromatic carbocycles. The van der Waals surface area contributed by atoms with Crippen molar-refractivity contribution in [2.45, 2.75) is 85.2 Å². The average molecular weight is 445 g/mol. The van der Waals surface area contributed by atoms with E-state index in [0.717, 1.165) is 49.0 Å². The number of nitrogens with one attached hydrogen (secondary N) is 1. The Hall–Kier alpha value is -1.95. The van der Waals surface area contributed by atoms with E-state index in [9.17, 15) is 9.59 Å². The van der Waals surface area contributed by atoms with Crippen molar-refractivity contribution in [1.82, 2.24) is 10.3 Å². The largest absolute Gasteiger partial charge is 0.460 e. The summed E-state index contributed by atoms with van der Waals surface area (Å²) in [7, 11) is 0. The number of fused-ring (bicyclic) bond motifs is 1. The van der Waals surface area contributed by atoms with Crippen LogP contribution >= 0.6 is 11.3 Å². The highest BCUT2D eigenvalue weighted by Crippen LogP contribution is 2.43. The first-order valence-electron chi connectivity index (χ1n) is 11.5. The Morgan fingerprint density at radius 2 is 1.97 bits per heavy atom. The lowest BCUT2D eigenvalue weighted by Crippen LogP contribution is -2.42. The summed E-state index contributed by atoms with van der Waals surface area (Å²) in [5, 5.41) is 4.25. The molecule has 1 saturated carbocycles. The normalized spacial score (nSPS) is 16.9. The number of esters is 1. The maximum atomic E-state index is 13.1. The van der Waals surface area contributed by atoms with Crippen LogP contribution in [0.5, 0.6) is 0 Å². The monoisotopic (exact) mass is 444 g/mol. The molecule has 1 heterocycles. The van der Waals surface area contributed by atoms with Crippen molar-refractivity contribution in [1.29, 1.82) is 0 Å². The smallest absolute Gasteiger partial charge is 0.309 e. The zero-order chi connectivity index (χ0) is 22.6. The number of thiazole rings is 1. The summed E-state index contributed by atoms with van der Waals surface area (Å²) < 4.78 is 6.76. The van der Waals surface area contributed by atoms with Crippen molar-refractivity contribution in [3.8, 4) is 0 Å². The van der Waals surface area contributed by atoms with Crippen LogP contribution in [-0.4, -0.2) is 29.0 Å². The number of carbonyl (C=O) groups excluding carboxylic acids is 2. The Balaban J connectivity index is 1.52. The molecule has 1 atom stereocenters. The highest BCUT2D eigenvalue weighted by atomic mass is 32.1. The van der Waals surface area contributed by atoms with E-state index in [2.05, 4.69) is 28.5 Å². The number of benzene rings is 1. The summed E-state index contributed by atoms with van der Waals surface area (Å²) in [6.07, 6.45) is 6.18. The summed E-state index contributed by atoms with van der Waals surface area (Å²) >= 11 is 1.72. The van der Waals surface area contributed by atoms with E-state index in [1.165, 1.54) is 10.3 Å². The van der Waals surface area contributed by atoms with Gasteiger partial charge in [0.1, 0.15) is 5.60 Å². The number of nitrogens with zero attached hydrogens (tertiary/aromatic N) is 1. The molecule has 170 valence electrons. The van der Waals surface area contributed by atoms with Gasteiger partial charge in [0.15, 0.2) is 0 Å². The van der Waals surface area contributed by atoms with Crippen LogP contribution < -0.4 is 5.32 Å². The lowest BCUT2D eigenvalue weighted by molar-refractivity contribution is -0.160. The van der Waals surface area contributed by atoms with Crippen molar-refractivity contribution in [3.05, 3.63) is 28.8 Å². The second-order valence-electron chi connectivity index (χ2n) is 10.0. The van der Waals surface area contributed by atoms with Crippen LogP contribution in [0.4, 0.5) is 0 Å². The molecule has 1 aliphatic rings. The molecule has 6 heteroatoms. The molecule has 0 unspecified atom stereocenters. The minimum absolute atomic E-state index is 0.106. The van der Waals surface area contributed by atoms with Crippen molar-refractivity contribution in [3.63, 3.8) is 0 Å². The van der Waals surface area contributed by atoms with Crippen molar-refractivity contribution < 1.29 is 14.3 Å². The van der Waals surface area contributed by atoms with Gasteiger partial charge in [0.2, 0.25) is 5.91 Å². The topological polar surface area (TPSA) is 68.3 Å². The van der Waals surface area contributed by atoms with Crippen molar-refractivity contribution in [2.75, 3.05) is 6.54 Å². The van der Waals surface area contributed by atoms with E-state index < -0.39 is 11.0 Å². The molecule has 1 aromatic heterocycles. The van der Waals surface area contributed by atoms with E-state index in [1.54, 1.807) is 11.3 Å². The SMILES string of the molecule is Cc1nc2ccc(CCCNC(=O)C3(C[C@@H](C)C(=O)OC(C)(C)C)CCCC3)cc2s1. The van der Waals surface area contributed by atoms with Gasteiger partial charge < -0.3 is 10.1 Å². The number of hydrogen-bond acceptors (Lipinski definition) is 5. The lowest BCUT2D eigenvalue weighted by atomic mass is 9.77. The van der Waals surface area contributed by atoms with Gasteiger partial charge in [0.05, 0.1) is 21.1 Å². The third-order valence-electron chi connectivity index (χ3n) is 6.04. The second kappa shape index (κ2) is 9.68. The van der Waals surface area contributed by atoms with E-state index in [-0.39, 0.29) is 17.8 Å².